The van der Waals surface area contributed by atoms with E-state index in [1.807, 2.05) is 30.3 Å². The zero-order valence-corrected chi connectivity index (χ0v) is 32.8. The summed E-state index contributed by atoms with van der Waals surface area (Å²) in [5, 5.41) is 15.6. The van der Waals surface area contributed by atoms with Gasteiger partial charge in [0.1, 0.15) is 12.1 Å². The van der Waals surface area contributed by atoms with Gasteiger partial charge in [-0.3, -0.25) is 47.8 Å². The van der Waals surface area contributed by atoms with Crippen LogP contribution in [0.2, 0.25) is 0 Å². The second-order valence-electron chi connectivity index (χ2n) is 13.4. The van der Waals surface area contributed by atoms with Gasteiger partial charge in [0, 0.05) is 68.2 Å². The number of rotatable bonds is 18. The fourth-order valence-corrected chi connectivity index (χ4v) is 7.52. The summed E-state index contributed by atoms with van der Waals surface area (Å²) in [7, 11) is -3.62. The maximum Gasteiger partial charge on any atom is 0.262 e. The Labute approximate surface area is 336 Å². The molecule has 4 heterocycles. The number of carbonyl (C=O) groups excluding carboxylic acids is 7. The van der Waals surface area contributed by atoms with Gasteiger partial charge < -0.3 is 26.0 Å². The summed E-state index contributed by atoms with van der Waals surface area (Å²) in [6, 6.07) is 13.2. The van der Waals surface area contributed by atoms with Crippen LogP contribution in [-0.2, 0) is 33.9 Å². The van der Waals surface area contributed by atoms with Gasteiger partial charge in [-0.25, -0.2) is 13.4 Å². The summed E-state index contributed by atoms with van der Waals surface area (Å²) in [6.45, 7) is 0.808. The van der Waals surface area contributed by atoms with Gasteiger partial charge in [0.2, 0.25) is 33.7 Å². The highest BCUT2D eigenvalue weighted by atomic mass is 32.2. The molecule has 2 aromatic heterocycles. The molecule has 20 heteroatoms. The van der Waals surface area contributed by atoms with Gasteiger partial charge >= 0.3 is 0 Å². The van der Waals surface area contributed by atoms with Crippen LogP contribution in [0.3, 0.4) is 0 Å². The molecule has 2 atom stereocenters. The zero-order chi connectivity index (χ0) is 41.4. The van der Waals surface area contributed by atoms with Crippen LogP contribution in [0, 0.1) is 0 Å². The van der Waals surface area contributed by atoms with Crippen molar-refractivity contribution in [1.82, 2.24) is 29.8 Å². The molecule has 304 valence electrons. The maximum atomic E-state index is 13.4. The number of amides is 7. The molecular weight excluding hydrogens is 793 g/mol. The van der Waals surface area contributed by atoms with Crippen molar-refractivity contribution in [3.8, 4) is 11.3 Å². The molecule has 18 nitrogen and oxygen atoms in total. The second kappa shape index (κ2) is 18.3. The lowest BCUT2D eigenvalue weighted by molar-refractivity contribution is -0.136. The monoisotopic (exact) mass is 832 g/mol. The summed E-state index contributed by atoms with van der Waals surface area (Å²) >= 11 is 1.22. The number of hydrogen-bond acceptors (Lipinski definition) is 13. The predicted octanol–water partition coefficient (Wildman–Crippen LogP) is 1.97. The topological polar surface area (TPSA) is 244 Å². The van der Waals surface area contributed by atoms with Crippen molar-refractivity contribution in [2.24, 2.45) is 0 Å². The van der Waals surface area contributed by atoms with Gasteiger partial charge in [-0.1, -0.05) is 30.3 Å². The van der Waals surface area contributed by atoms with Crippen LogP contribution in [0.25, 0.3) is 11.3 Å². The molecule has 0 radical (unpaired) electrons. The molecule has 2 aliphatic heterocycles. The molecule has 58 heavy (non-hydrogen) atoms. The minimum absolute atomic E-state index is 0.0257. The fourth-order valence-electron chi connectivity index (χ4n) is 6.21. The van der Waals surface area contributed by atoms with Crippen molar-refractivity contribution in [2.75, 3.05) is 43.2 Å². The number of imide groups is 2. The van der Waals surface area contributed by atoms with Gasteiger partial charge in [-0.2, -0.15) is 0 Å². The number of thiazole rings is 1. The highest BCUT2D eigenvalue weighted by Crippen LogP contribution is 2.30. The minimum Gasteiger partial charge on any atom is -0.383 e. The molecule has 0 spiro atoms. The van der Waals surface area contributed by atoms with Crippen LogP contribution in [0.4, 0.5) is 10.8 Å². The van der Waals surface area contributed by atoms with Gasteiger partial charge in [0.05, 0.1) is 28.6 Å². The first-order chi connectivity index (χ1) is 27.8. The SMILES string of the molecule is CS(=O)(=O)n1ccc(C(=O)N[C@@H](CCOCCCC(=O)NCCNc2ccc3c(c2)C(=O)N(C2CCC(=O)NC2=O)C3=O)C(=O)Nc2nc(-c3ccccc3)cs2)c1. The molecule has 1 fully saturated rings. The summed E-state index contributed by atoms with van der Waals surface area (Å²) in [6.07, 6.45) is 4.06. The van der Waals surface area contributed by atoms with Crippen molar-refractivity contribution in [3.05, 3.63) is 89.1 Å². The number of anilines is 2. The molecule has 1 unspecified atom stereocenters. The van der Waals surface area contributed by atoms with E-state index >= 15 is 0 Å². The van der Waals surface area contributed by atoms with Gasteiger partial charge in [0.25, 0.3) is 17.7 Å². The highest BCUT2D eigenvalue weighted by molar-refractivity contribution is 7.89. The molecule has 0 aliphatic carbocycles. The lowest BCUT2D eigenvalue weighted by Gasteiger charge is -2.27. The normalized spacial score (nSPS) is 15.7. The van der Waals surface area contributed by atoms with Gasteiger partial charge in [-0.05, 0) is 43.5 Å². The van der Waals surface area contributed by atoms with Crippen LogP contribution in [0.5, 0.6) is 0 Å². The van der Waals surface area contributed by atoms with Crippen molar-refractivity contribution in [3.63, 3.8) is 0 Å². The molecule has 2 aromatic carbocycles. The Balaban J connectivity index is 0.927. The maximum absolute atomic E-state index is 13.4. The molecule has 4 aromatic rings. The van der Waals surface area contributed by atoms with E-state index in [9.17, 15) is 42.0 Å². The van der Waals surface area contributed by atoms with Crippen LogP contribution < -0.4 is 26.6 Å². The van der Waals surface area contributed by atoms with E-state index < -0.39 is 57.6 Å². The minimum atomic E-state index is -3.62. The van der Waals surface area contributed by atoms with E-state index in [0.717, 1.165) is 26.9 Å². The van der Waals surface area contributed by atoms with Crippen molar-refractivity contribution < 1.29 is 46.7 Å². The number of nitrogens with one attached hydrogen (secondary N) is 5. The largest absolute Gasteiger partial charge is 0.383 e. The van der Waals surface area contributed by atoms with E-state index in [4.69, 9.17) is 4.74 Å². The Bertz CT molecular complexity index is 2340. The highest BCUT2D eigenvalue weighted by Gasteiger charge is 2.44. The zero-order valence-electron chi connectivity index (χ0n) is 31.2. The number of aromatic nitrogens is 2. The van der Waals surface area contributed by atoms with Crippen LogP contribution in [-0.4, -0.2) is 108 Å². The van der Waals surface area contributed by atoms with E-state index in [-0.39, 0.29) is 68.0 Å². The molecule has 1 saturated heterocycles. The Hall–Kier alpha value is -6.25. The number of benzene rings is 2. The average Bonchev–Trinajstić information content (AvgIpc) is 3.94. The van der Waals surface area contributed by atoms with E-state index in [1.54, 1.807) is 11.4 Å². The van der Waals surface area contributed by atoms with E-state index in [0.29, 0.717) is 29.5 Å². The third kappa shape index (κ3) is 10.2. The molecule has 6 rings (SSSR count). The average molecular weight is 833 g/mol. The molecule has 7 amide bonds. The lowest BCUT2D eigenvalue weighted by Crippen LogP contribution is -2.54. The third-order valence-corrected chi connectivity index (χ3v) is 10.9. The third-order valence-electron chi connectivity index (χ3n) is 9.20. The first-order valence-corrected chi connectivity index (χ1v) is 21.0. The second-order valence-corrected chi connectivity index (χ2v) is 16.1. The van der Waals surface area contributed by atoms with Crippen LogP contribution >= 0.6 is 11.3 Å². The summed E-state index contributed by atoms with van der Waals surface area (Å²) < 4.78 is 30.4. The number of nitrogens with zero attached hydrogens (tertiary/aromatic N) is 3. The smallest absolute Gasteiger partial charge is 0.262 e. The summed E-state index contributed by atoms with van der Waals surface area (Å²) in [5.41, 5.74) is 2.42. The van der Waals surface area contributed by atoms with Crippen LogP contribution in [0.1, 0.15) is 63.2 Å². The summed E-state index contributed by atoms with van der Waals surface area (Å²) in [4.78, 5) is 94.0. The predicted molar refractivity (Wildman–Crippen MR) is 211 cm³/mol. The van der Waals surface area contributed by atoms with Crippen molar-refractivity contribution in [2.45, 2.75) is 44.2 Å². The number of hydrogen-bond donors (Lipinski definition) is 5. The molecule has 0 bridgehead atoms. The first-order valence-electron chi connectivity index (χ1n) is 18.2. The van der Waals surface area contributed by atoms with Crippen molar-refractivity contribution in [1.29, 1.82) is 0 Å². The van der Waals surface area contributed by atoms with E-state index in [2.05, 4.69) is 31.6 Å². The van der Waals surface area contributed by atoms with Crippen LogP contribution in [0.15, 0.2) is 72.4 Å². The number of fused-ring (bicyclic) bond motifs is 1. The summed E-state index contributed by atoms with van der Waals surface area (Å²) in [5.74, 6) is -3.79. The molecule has 2 aliphatic rings. The number of piperidine rings is 1. The number of carbonyl (C=O) groups is 7. The quantitative estimate of drug-likeness (QED) is 0.0714. The fraction of sp³-hybridized carbons (Fsp3) is 0.316. The molecular formula is C38H40N8O10S2. The Morgan fingerprint density at radius 2 is 1.78 bits per heavy atom. The number of ether oxygens (including phenoxy) is 1. The first kappa shape index (κ1) is 41.4. The Morgan fingerprint density at radius 3 is 2.52 bits per heavy atom. The Morgan fingerprint density at radius 1 is 1.00 bits per heavy atom. The van der Waals surface area contributed by atoms with Crippen molar-refractivity contribution >= 4 is 73.5 Å². The molecule has 5 N–H and O–H groups in total. The van der Waals surface area contributed by atoms with E-state index in [1.165, 1.54) is 35.7 Å². The Kier molecular flexibility index (Phi) is 13.1. The van der Waals surface area contributed by atoms with Gasteiger partial charge in [0.15, 0.2) is 5.13 Å². The van der Waals surface area contributed by atoms with Gasteiger partial charge in [-0.15, -0.1) is 11.3 Å². The molecule has 0 saturated carbocycles. The standard InChI is InChI=1S/C38H40N8O10S2/c1-58(54,55)45-17-13-24(21-45)33(49)41-28(34(50)44-38-42-29(22-57-38)23-6-3-2-4-7-23)14-19-56-18-5-8-31(47)40-16-15-39-25-9-10-26-27(20-25)37(53)46(36(26)52)30-11-12-32(48)43-35(30)51/h2-4,6-7,9-10,13,17,20-22,28,30,39H,5,8,11-12,14-16,18-19H2,1H3,(H,40,47)(H,41,49)(H,42,44,50)(H,43,48,51)/t28-,30?/m0/s1. The lowest BCUT2D eigenvalue weighted by atomic mass is 10.0.